The van der Waals surface area contributed by atoms with Crippen molar-refractivity contribution in [2.45, 2.75) is 38.1 Å². The number of hydrogen-bond acceptors (Lipinski definition) is 5. The van der Waals surface area contributed by atoms with E-state index in [1.807, 2.05) is 11.9 Å². The van der Waals surface area contributed by atoms with Crippen LogP contribution in [0, 0.1) is 10.1 Å². The molecule has 1 aliphatic carbocycles. The Morgan fingerprint density at radius 1 is 1.38 bits per heavy atom. The van der Waals surface area contributed by atoms with Crippen LogP contribution in [0.5, 0.6) is 0 Å². The number of nitrogen functional groups attached to an aromatic ring is 1. The number of hydrazine groups is 1. The third-order valence-electron chi connectivity index (χ3n) is 4.07. The van der Waals surface area contributed by atoms with Crippen molar-refractivity contribution in [3.05, 3.63) is 33.9 Å². The zero-order chi connectivity index (χ0) is 15.4. The molecule has 0 saturated heterocycles. The van der Waals surface area contributed by atoms with Gasteiger partial charge in [0, 0.05) is 25.2 Å². The van der Waals surface area contributed by atoms with Gasteiger partial charge in [0.1, 0.15) is 0 Å². The van der Waals surface area contributed by atoms with Gasteiger partial charge in [-0.05, 0) is 18.9 Å². The number of nitrogens with two attached hydrogens (primary N) is 1. The summed E-state index contributed by atoms with van der Waals surface area (Å²) >= 11 is 0. The van der Waals surface area contributed by atoms with Crippen molar-refractivity contribution in [3.8, 4) is 0 Å². The van der Waals surface area contributed by atoms with Crippen LogP contribution in [0.4, 0.5) is 11.4 Å². The van der Waals surface area contributed by atoms with Crippen molar-refractivity contribution in [1.29, 1.82) is 0 Å². The number of rotatable bonds is 4. The molecule has 1 saturated carbocycles. The number of nitrogens with zero attached hydrogens (tertiary/aromatic N) is 2. The molecule has 0 aliphatic heterocycles. The van der Waals surface area contributed by atoms with Crippen LogP contribution in [0.3, 0.4) is 0 Å². The smallest absolute Gasteiger partial charge is 0.270 e. The zero-order valence-electron chi connectivity index (χ0n) is 12.0. The van der Waals surface area contributed by atoms with Gasteiger partial charge in [0.2, 0.25) is 0 Å². The number of carbonyl (C=O) groups excluding carboxylic acids is 1. The summed E-state index contributed by atoms with van der Waals surface area (Å²) < 4.78 is 0. The molecular weight excluding hydrogens is 272 g/mol. The van der Waals surface area contributed by atoms with Crippen LogP contribution in [-0.2, 0) is 0 Å². The van der Waals surface area contributed by atoms with Crippen molar-refractivity contribution in [3.63, 3.8) is 0 Å². The van der Waals surface area contributed by atoms with Crippen molar-refractivity contribution >= 4 is 17.3 Å². The first kappa shape index (κ1) is 15.2. The van der Waals surface area contributed by atoms with Crippen molar-refractivity contribution in [2.24, 2.45) is 5.84 Å². The number of nitrogens with one attached hydrogen (secondary N) is 1. The maximum absolute atomic E-state index is 11.9. The van der Waals surface area contributed by atoms with Gasteiger partial charge in [-0.3, -0.25) is 20.3 Å². The lowest BCUT2D eigenvalue weighted by molar-refractivity contribution is -0.384. The third kappa shape index (κ3) is 3.30. The zero-order valence-corrected chi connectivity index (χ0v) is 12.0. The molecule has 3 N–H and O–H groups in total. The maximum Gasteiger partial charge on any atom is 0.270 e. The highest BCUT2D eigenvalue weighted by molar-refractivity contribution is 6.00. The predicted molar refractivity (Wildman–Crippen MR) is 80.0 cm³/mol. The van der Waals surface area contributed by atoms with Gasteiger partial charge in [-0.1, -0.05) is 19.3 Å². The Bertz CT molecular complexity index is 541. The van der Waals surface area contributed by atoms with E-state index in [1.54, 1.807) is 6.07 Å². The number of amides is 1. The molecule has 1 aromatic rings. The third-order valence-corrected chi connectivity index (χ3v) is 4.07. The normalized spacial score (nSPS) is 15.5. The van der Waals surface area contributed by atoms with Crippen molar-refractivity contribution in [2.75, 3.05) is 11.9 Å². The molecule has 0 spiro atoms. The SMILES string of the molecule is CN(c1ccc([N+](=O)[O-])cc1C(=O)NN)C1CCCCC1. The van der Waals surface area contributed by atoms with Gasteiger partial charge < -0.3 is 4.90 Å². The minimum Gasteiger partial charge on any atom is -0.371 e. The van der Waals surface area contributed by atoms with Gasteiger partial charge in [-0.25, -0.2) is 5.84 Å². The number of non-ortho nitro benzene ring substituents is 1. The lowest BCUT2D eigenvalue weighted by Crippen LogP contribution is -2.36. The molecule has 1 fully saturated rings. The first-order chi connectivity index (χ1) is 10.0. The second-order valence-electron chi connectivity index (χ2n) is 5.33. The molecule has 0 aromatic heterocycles. The van der Waals surface area contributed by atoms with Gasteiger partial charge in [-0.2, -0.15) is 0 Å². The first-order valence-electron chi connectivity index (χ1n) is 7.07. The summed E-state index contributed by atoms with van der Waals surface area (Å²) in [7, 11) is 1.92. The molecule has 0 heterocycles. The standard InChI is InChI=1S/C14H20N4O3/c1-17(10-5-3-2-4-6-10)13-8-7-11(18(20)21)9-12(13)14(19)16-15/h7-10H,2-6,15H2,1H3,(H,16,19). The lowest BCUT2D eigenvalue weighted by Gasteiger charge is -2.33. The van der Waals surface area contributed by atoms with E-state index in [4.69, 9.17) is 5.84 Å². The van der Waals surface area contributed by atoms with Crippen LogP contribution in [0.2, 0.25) is 0 Å². The van der Waals surface area contributed by atoms with Gasteiger partial charge in [-0.15, -0.1) is 0 Å². The lowest BCUT2D eigenvalue weighted by atomic mass is 9.93. The summed E-state index contributed by atoms with van der Waals surface area (Å²) in [5.74, 6) is 4.67. The summed E-state index contributed by atoms with van der Waals surface area (Å²) in [4.78, 5) is 24.3. The van der Waals surface area contributed by atoms with E-state index in [0.29, 0.717) is 11.7 Å². The average molecular weight is 292 g/mol. The van der Waals surface area contributed by atoms with E-state index in [9.17, 15) is 14.9 Å². The molecule has 0 radical (unpaired) electrons. The Balaban J connectivity index is 2.36. The molecule has 1 aromatic carbocycles. The van der Waals surface area contributed by atoms with Gasteiger partial charge in [0.05, 0.1) is 16.2 Å². The van der Waals surface area contributed by atoms with E-state index in [2.05, 4.69) is 5.43 Å². The number of anilines is 1. The van der Waals surface area contributed by atoms with Gasteiger partial charge >= 0.3 is 0 Å². The Morgan fingerprint density at radius 3 is 2.62 bits per heavy atom. The van der Waals surface area contributed by atoms with E-state index in [0.717, 1.165) is 12.8 Å². The Morgan fingerprint density at radius 2 is 2.05 bits per heavy atom. The van der Waals surface area contributed by atoms with Crippen molar-refractivity contribution < 1.29 is 9.72 Å². The monoisotopic (exact) mass is 292 g/mol. The number of carbonyl (C=O) groups is 1. The summed E-state index contributed by atoms with van der Waals surface area (Å²) in [5, 5.41) is 10.9. The fraction of sp³-hybridized carbons (Fsp3) is 0.500. The van der Waals surface area contributed by atoms with Crippen LogP contribution >= 0.6 is 0 Å². The molecule has 0 unspecified atom stereocenters. The van der Waals surface area contributed by atoms with E-state index in [-0.39, 0.29) is 11.3 Å². The topological polar surface area (TPSA) is 101 Å². The summed E-state index contributed by atoms with van der Waals surface area (Å²) in [6, 6.07) is 4.67. The van der Waals surface area contributed by atoms with Crippen LogP contribution < -0.4 is 16.2 Å². The van der Waals surface area contributed by atoms with E-state index >= 15 is 0 Å². The molecular formula is C14H20N4O3. The summed E-state index contributed by atoms with van der Waals surface area (Å²) in [6.07, 6.45) is 5.70. The quantitative estimate of drug-likeness (QED) is 0.382. The fourth-order valence-electron chi connectivity index (χ4n) is 2.87. The maximum atomic E-state index is 11.9. The largest absolute Gasteiger partial charge is 0.371 e. The Kier molecular flexibility index (Phi) is 4.74. The van der Waals surface area contributed by atoms with Crippen LogP contribution in [0.25, 0.3) is 0 Å². The Labute approximate surface area is 123 Å². The molecule has 1 amide bonds. The molecule has 2 rings (SSSR count). The molecule has 7 heteroatoms. The van der Waals surface area contributed by atoms with Gasteiger partial charge in [0.25, 0.3) is 11.6 Å². The predicted octanol–water partition coefficient (Wildman–Crippen LogP) is 1.97. The van der Waals surface area contributed by atoms with E-state index < -0.39 is 10.8 Å². The minimum absolute atomic E-state index is 0.116. The molecule has 0 atom stereocenters. The van der Waals surface area contributed by atoms with Gasteiger partial charge in [0.15, 0.2) is 0 Å². The molecule has 21 heavy (non-hydrogen) atoms. The summed E-state index contributed by atoms with van der Waals surface area (Å²) in [5.41, 5.74) is 2.85. The number of nitro groups is 1. The second-order valence-corrected chi connectivity index (χ2v) is 5.33. The number of benzene rings is 1. The average Bonchev–Trinajstić information content (AvgIpc) is 2.53. The number of hydrogen-bond donors (Lipinski definition) is 2. The van der Waals surface area contributed by atoms with Crippen LogP contribution in [0.1, 0.15) is 42.5 Å². The fourth-order valence-corrected chi connectivity index (χ4v) is 2.87. The Hall–Kier alpha value is -2.15. The number of nitro benzene ring substituents is 1. The highest BCUT2D eigenvalue weighted by atomic mass is 16.6. The molecule has 0 bridgehead atoms. The summed E-state index contributed by atoms with van der Waals surface area (Å²) in [6.45, 7) is 0. The highest BCUT2D eigenvalue weighted by Crippen LogP contribution is 2.30. The van der Waals surface area contributed by atoms with Crippen LogP contribution in [-0.4, -0.2) is 23.9 Å². The molecule has 1 aliphatic rings. The molecule has 7 nitrogen and oxygen atoms in total. The molecule has 114 valence electrons. The second kappa shape index (κ2) is 6.53. The first-order valence-corrected chi connectivity index (χ1v) is 7.07. The van der Waals surface area contributed by atoms with Crippen LogP contribution in [0.15, 0.2) is 18.2 Å². The minimum atomic E-state index is -0.517. The van der Waals surface area contributed by atoms with Crippen molar-refractivity contribution in [1.82, 2.24) is 5.43 Å². The highest BCUT2D eigenvalue weighted by Gasteiger charge is 2.24. The van der Waals surface area contributed by atoms with E-state index in [1.165, 1.54) is 31.4 Å².